The maximum atomic E-state index is 9.47. The molecule has 3 heteroatoms. The second-order valence-corrected chi connectivity index (χ2v) is 1.39. The van der Waals surface area contributed by atoms with Crippen molar-refractivity contribution < 1.29 is 4.21 Å². The van der Waals surface area contributed by atoms with Crippen LogP contribution in [0.4, 0.5) is 0 Å². The van der Waals surface area contributed by atoms with Crippen molar-refractivity contribution in [3.8, 4) is 0 Å². The van der Waals surface area contributed by atoms with Crippen molar-refractivity contribution in [1.29, 1.82) is 4.78 Å². The molecule has 1 N–H and O–H groups in total. The zero-order valence-electron chi connectivity index (χ0n) is 2.60. The van der Waals surface area contributed by atoms with Gasteiger partial charge in [0.05, 0.1) is 0 Å². The lowest BCUT2D eigenvalue weighted by molar-refractivity contribution is 0.603. The van der Waals surface area contributed by atoms with Crippen molar-refractivity contribution in [2.45, 2.75) is 0 Å². The van der Waals surface area contributed by atoms with Crippen LogP contribution in [0.2, 0.25) is 0 Å². The third-order valence-corrected chi connectivity index (χ3v) is 0.454. The van der Waals surface area contributed by atoms with Gasteiger partial charge in [-0.2, -0.15) is 10.6 Å². The smallest absolute Gasteiger partial charge is 0.121 e. The molecule has 0 bridgehead atoms. The minimum atomic E-state index is -1.56. The lowest BCUT2D eigenvalue weighted by atomic mass is 11.3. The molecular weight excluding hydrogens is 86.1 g/mol. The molecule has 30 valence electrons. The number of hydrogen-bond donors (Lipinski definition) is 1. The van der Waals surface area contributed by atoms with Gasteiger partial charge in [0.15, 0.2) is 0 Å². The SMILES string of the molecule is C=C[S-](=N)=O. The Labute approximate surface area is 32.5 Å². The van der Waals surface area contributed by atoms with E-state index in [4.69, 9.17) is 4.78 Å². The molecule has 0 aliphatic rings. The summed E-state index contributed by atoms with van der Waals surface area (Å²) < 4.78 is 15.7. The highest BCUT2D eigenvalue weighted by Crippen LogP contribution is 1.57. The molecule has 0 saturated heterocycles. The van der Waals surface area contributed by atoms with Gasteiger partial charge in [0, 0.05) is 0 Å². The second-order valence-electron chi connectivity index (χ2n) is 0.464. The van der Waals surface area contributed by atoms with E-state index in [9.17, 15) is 4.21 Å². The fraction of sp³-hybridized carbons (Fsp3) is 0. The number of hydrogen-bond acceptors (Lipinski definition) is 3. The lowest BCUT2D eigenvalue weighted by Gasteiger charge is -1.73. The van der Waals surface area contributed by atoms with Crippen LogP contribution in [0.1, 0.15) is 0 Å². The molecule has 0 aliphatic heterocycles. The monoisotopic (exact) mass is 90.0 g/mol. The maximum Gasteiger partial charge on any atom is -0.121 e. The molecular formula is C2H4NOS-. The number of nitrogens with one attached hydrogen (secondary N) is 1. The minimum absolute atomic E-state index is 1.06. The van der Waals surface area contributed by atoms with E-state index in [-0.39, 0.29) is 0 Å². The van der Waals surface area contributed by atoms with Gasteiger partial charge in [-0.3, -0.25) is 0 Å². The van der Waals surface area contributed by atoms with Crippen LogP contribution in [0.15, 0.2) is 12.0 Å². The van der Waals surface area contributed by atoms with Gasteiger partial charge in [-0.15, -0.1) is 12.0 Å². The second kappa shape index (κ2) is 1.96. The Hall–Kier alpha value is -0.310. The van der Waals surface area contributed by atoms with Gasteiger partial charge in [0.2, 0.25) is 0 Å². The third kappa shape index (κ3) is 3.69. The molecule has 0 unspecified atom stereocenters. The Balaban J connectivity index is 3.69. The van der Waals surface area contributed by atoms with Gasteiger partial charge in [-0.1, -0.05) is 0 Å². The molecule has 0 aliphatic carbocycles. The van der Waals surface area contributed by atoms with Crippen molar-refractivity contribution in [2.24, 2.45) is 0 Å². The van der Waals surface area contributed by atoms with Crippen LogP contribution in [0.25, 0.3) is 0 Å². The molecule has 0 amide bonds. The van der Waals surface area contributed by atoms with Gasteiger partial charge in [0.25, 0.3) is 0 Å². The van der Waals surface area contributed by atoms with Crippen molar-refractivity contribution in [3.05, 3.63) is 12.0 Å². The Morgan fingerprint density at radius 3 is 2.20 bits per heavy atom. The molecule has 0 aromatic heterocycles. The Kier molecular flexibility index (Phi) is 1.84. The van der Waals surface area contributed by atoms with E-state index in [1.165, 1.54) is 0 Å². The van der Waals surface area contributed by atoms with Crippen LogP contribution >= 0.6 is 0 Å². The summed E-state index contributed by atoms with van der Waals surface area (Å²) in [6, 6.07) is 0. The normalized spacial score (nSPS) is 8.20. The van der Waals surface area contributed by atoms with E-state index in [2.05, 4.69) is 6.58 Å². The minimum Gasteiger partial charge on any atom is -0.441 e. The molecule has 0 radical (unpaired) electrons. The first-order valence-electron chi connectivity index (χ1n) is 1.01. The van der Waals surface area contributed by atoms with E-state index in [0.29, 0.717) is 0 Å². The highest BCUT2D eigenvalue weighted by Gasteiger charge is 1.31. The molecule has 0 atom stereocenters. The zero-order valence-corrected chi connectivity index (χ0v) is 3.42. The van der Waals surface area contributed by atoms with Gasteiger partial charge >= 0.3 is 0 Å². The molecule has 0 aromatic carbocycles. The molecule has 0 heterocycles. The topological polar surface area (TPSA) is 40.9 Å². The van der Waals surface area contributed by atoms with Crippen LogP contribution in [-0.4, -0.2) is 0 Å². The van der Waals surface area contributed by atoms with Gasteiger partial charge in [-0.25, -0.2) is 0 Å². The Morgan fingerprint density at radius 2 is 2.20 bits per heavy atom. The fourth-order valence-electron chi connectivity index (χ4n) is 0. The first-order chi connectivity index (χ1) is 2.27. The van der Waals surface area contributed by atoms with Crippen molar-refractivity contribution >= 4 is 10.6 Å². The summed E-state index contributed by atoms with van der Waals surface area (Å²) in [6.45, 7) is 3.07. The summed E-state index contributed by atoms with van der Waals surface area (Å²) in [5, 5.41) is 1.06. The number of rotatable bonds is 1. The lowest BCUT2D eigenvalue weighted by Crippen LogP contribution is -1.46. The van der Waals surface area contributed by atoms with Crippen LogP contribution in [0, 0.1) is 4.78 Å². The van der Waals surface area contributed by atoms with Gasteiger partial charge in [-0.05, 0) is 0 Å². The molecule has 0 rings (SSSR count). The van der Waals surface area contributed by atoms with Gasteiger partial charge in [0.1, 0.15) is 0 Å². The van der Waals surface area contributed by atoms with Gasteiger partial charge < -0.3 is 8.99 Å². The summed E-state index contributed by atoms with van der Waals surface area (Å²) >= 11 is 0. The molecule has 0 spiro atoms. The van der Waals surface area contributed by atoms with Crippen molar-refractivity contribution in [2.75, 3.05) is 0 Å². The summed E-state index contributed by atoms with van der Waals surface area (Å²) in [7, 11) is -1.56. The molecule has 0 aromatic rings. The highest BCUT2D eigenvalue weighted by atomic mass is 32.2. The molecule has 0 fully saturated rings. The third-order valence-electron chi connectivity index (χ3n) is 0.151. The van der Waals surface area contributed by atoms with E-state index in [0.717, 1.165) is 5.41 Å². The fourth-order valence-corrected chi connectivity index (χ4v) is 0. The zero-order chi connectivity index (χ0) is 4.28. The van der Waals surface area contributed by atoms with E-state index in [1.54, 1.807) is 0 Å². The first-order valence-corrected chi connectivity index (χ1v) is 2.23. The summed E-state index contributed by atoms with van der Waals surface area (Å²) in [5.41, 5.74) is 0. The standard InChI is InChI=1S/C2H4NOS/c1-2-5(3)4/h2-3H,1H2/q-1. The average molecular weight is 90.1 g/mol. The predicted octanol–water partition coefficient (Wildman–Crippen LogP) is 0.856. The van der Waals surface area contributed by atoms with E-state index >= 15 is 0 Å². The Morgan fingerprint density at radius 1 is 2.00 bits per heavy atom. The van der Waals surface area contributed by atoms with Crippen LogP contribution in [-0.2, 0) is 14.8 Å². The summed E-state index contributed by atoms with van der Waals surface area (Å²) in [6.07, 6.45) is 0. The van der Waals surface area contributed by atoms with E-state index < -0.39 is 10.6 Å². The van der Waals surface area contributed by atoms with Crippen molar-refractivity contribution in [1.82, 2.24) is 0 Å². The summed E-state index contributed by atoms with van der Waals surface area (Å²) in [5.74, 6) is 0. The van der Waals surface area contributed by atoms with E-state index in [1.807, 2.05) is 0 Å². The largest absolute Gasteiger partial charge is 0.441 e. The van der Waals surface area contributed by atoms with Crippen molar-refractivity contribution in [3.63, 3.8) is 0 Å². The molecule has 5 heavy (non-hydrogen) atoms. The average Bonchev–Trinajstić information content (AvgIpc) is 1.38. The Bertz CT molecular complexity index is 85.8. The van der Waals surface area contributed by atoms with Crippen LogP contribution in [0.5, 0.6) is 0 Å². The molecule has 0 saturated carbocycles. The highest BCUT2D eigenvalue weighted by molar-refractivity contribution is 7.76. The van der Waals surface area contributed by atoms with Crippen LogP contribution < -0.4 is 0 Å². The van der Waals surface area contributed by atoms with Crippen LogP contribution in [0.3, 0.4) is 0 Å². The first kappa shape index (κ1) is 4.69. The molecule has 2 nitrogen and oxygen atoms in total. The summed E-state index contributed by atoms with van der Waals surface area (Å²) in [4.78, 5) is 0. The maximum absolute atomic E-state index is 9.47. The quantitative estimate of drug-likeness (QED) is 0.476. The predicted molar refractivity (Wildman–Crippen MR) is 21.0 cm³/mol.